The number of carbonyl (C=O) groups excluding carboxylic acids is 2. The van der Waals surface area contributed by atoms with Gasteiger partial charge in [0.1, 0.15) is 17.2 Å². The summed E-state index contributed by atoms with van der Waals surface area (Å²) in [6, 6.07) is 12.0. The first-order chi connectivity index (χ1) is 11.6. The van der Waals surface area contributed by atoms with Gasteiger partial charge in [-0.2, -0.15) is 0 Å². The minimum absolute atomic E-state index is 0.200. The van der Waals surface area contributed by atoms with Crippen LogP contribution in [0.5, 0.6) is 17.2 Å². The maximum atomic E-state index is 12.4. The molecule has 5 nitrogen and oxygen atoms in total. The fourth-order valence-electron chi connectivity index (χ4n) is 2.29. The minimum atomic E-state index is -0.340. The lowest BCUT2D eigenvalue weighted by molar-refractivity contribution is -0.134. The molecule has 0 aromatic heterocycles. The molecule has 2 aromatic carbocycles. The summed E-state index contributed by atoms with van der Waals surface area (Å²) in [5, 5.41) is 0. The van der Waals surface area contributed by atoms with Crippen molar-refractivity contribution >= 4 is 17.8 Å². The van der Waals surface area contributed by atoms with Crippen molar-refractivity contribution in [2.45, 2.75) is 13.3 Å². The summed E-state index contributed by atoms with van der Waals surface area (Å²) in [5.41, 5.74) is 1.27. The summed E-state index contributed by atoms with van der Waals surface area (Å²) >= 11 is 0. The van der Waals surface area contributed by atoms with E-state index in [-0.39, 0.29) is 23.9 Å². The number of methoxy groups -OCH3 is 1. The molecule has 1 aliphatic rings. The number of hydrogen-bond donors (Lipinski definition) is 0. The molecule has 24 heavy (non-hydrogen) atoms. The Kier molecular flexibility index (Phi) is 4.33. The molecule has 0 amide bonds. The molecule has 0 fully saturated rings. The minimum Gasteiger partial charge on any atom is -0.497 e. The normalized spacial score (nSPS) is 14.2. The molecule has 0 saturated carbocycles. The van der Waals surface area contributed by atoms with Gasteiger partial charge in [-0.05, 0) is 35.9 Å². The highest BCUT2D eigenvalue weighted by Gasteiger charge is 2.27. The highest BCUT2D eigenvalue weighted by Crippen LogP contribution is 2.35. The zero-order valence-electron chi connectivity index (χ0n) is 13.4. The molecule has 122 valence electrons. The molecule has 0 atom stereocenters. The number of carbonyl (C=O) groups is 2. The summed E-state index contributed by atoms with van der Waals surface area (Å²) in [7, 11) is 1.59. The van der Waals surface area contributed by atoms with E-state index in [4.69, 9.17) is 14.2 Å². The van der Waals surface area contributed by atoms with Gasteiger partial charge in [0.25, 0.3) is 0 Å². The molecular weight excluding hydrogens is 308 g/mol. The Bertz CT molecular complexity index is 818. The van der Waals surface area contributed by atoms with Crippen LogP contribution in [0.25, 0.3) is 6.08 Å². The van der Waals surface area contributed by atoms with Crippen LogP contribution >= 0.6 is 0 Å². The second-order valence-corrected chi connectivity index (χ2v) is 5.20. The number of hydrogen-bond acceptors (Lipinski definition) is 5. The highest BCUT2D eigenvalue weighted by atomic mass is 16.5. The zero-order valence-corrected chi connectivity index (χ0v) is 13.4. The van der Waals surface area contributed by atoms with E-state index in [0.29, 0.717) is 17.1 Å². The first-order valence-electron chi connectivity index (χ1n) is 7.53. The zero-order chi connectivity index (χ0) is 17.1. The van der Waals surface area contributed by atoms with E-state index in [1.807, 2.05) is 12.1 Å². The van der Waals surface area contributed by atoms with Gasteiger partial charge in [-0.1, -0.05) is 19.1 Å². The van der Waals surface area contributed by atoms with Gasteiger partial charge in [0.2, 0.25) is 5.78 Å². The van der Waals surface area contributed by atoms with Crippen molar-refractivity contribution < 1.29 is 23.8 Å². The number of allylic oxidation sites excluding steroid dienone is 1. The lowest BCUT2D eigenvalue weighted by Gasteiger charge is -2.04. The molecule has 0 aliphatic carbocycles. The van der Waals surface area contributed by atoms with Crippen molar-refractivity contribution in [3.05, 3.63) is 59.4 Å². The van der Waals surface area contributed by atoms with Gasteiger partial charge >= 0.3 is 5.97 Å². The first kappa shape index (κ1) is 15.8. The summed E-state index contributed by atoms with van der Waals surface area (Å²) in [6.45, 7) is 1.71. The van der Waals surface area contributed by atoms with Crippen LogP contribution < -0.4 is 14.2 Å². The van der Waals surface area contributed by atoms with Gasteiger partial charge in [0.05, 0.1) is 12.7 Å². The topological polar surface area (TPSA) is 61.8 Å². The predicted molar refractivity (Wildman–Crippen MR) is 88.3 cm³/mol. The maximum Gasteiger partial charge on any atom is 0.310 e. The van der Waals surface area contributed by atoms with Gasteiger partial charge in [-0.3, -0.25) is 9.59 Å². The summed E-state index contributed by atoms with van der Waals surface area (Å²) in [4.78, 5) is 23.7. The Morgan fingerprint density at radius 2 is 1.83 bits per heavy atom. The lowest BCUT2D eigenvalue weighted by Crippen LogP contribution is -2.05. The van der Waals surface area contributed by atoms with E-state index < -0.39 is 0 Å². The maximum absolute atomic E-state index is 12.4. The standard InChI is InChI=1S/C19H16O5/c1-3-18(20)23-14-8-9-15-16(11-14)24-17(19(15)21)10-12-4-6-13(22-2)7-5-12/h4-11H,3H2,1-2H3/b17-10-. The Labute approximate surface area is 139 Å². The number of rotatable bonds is 4. The molecule has 3 rings (SSSR count). The van der Waals surface area contributed by atoms with E-state index in [1.165, 1.54) is 0 Å². The molecule has 5 heteroatoms. The van der Waals surface area contributed by atoms with Crippen LogP contribution in [0.1, 0.15) is 29.3 Å². The molecular formula is C19H16O5. The number of ketones is 1. The largest absolute Gasteiger partial charge is 0.497 e. The van der Waals surface area contributed by atoms with Crippen molar-refractivity contribution in [3.63, 3.8) is 0 Å². The predicted octanol–water partition coefficient (Wildman–Crippen LogP) is 3.63. The third-order valence-corrected chi connectivity index (χ3v) is 3.58. The molecule has 0 N–H and O–H groups in total. The Balaban J connectivity index is 1.84. The summed E-state index contributed by atoms with van der Waals surface area (Å²) < 4.78 is 15.9. The van der Waals surface area contributed by atoms with Gasteiger partial charge in [-0.15, -0.1) is 0 Å². The van der Waals surface area contributed by atoms with Gasteiger partial charge < -0.3 is 14.2 Å². The average molecular weight is 324 g/mol. The number of fused-ring (bicyclic) bond motifs is 1. The van der Waals surface area contributed by atoms with Crippen molar-refractivity contribution in [2.24, 2.45) is 0 Å². The second kappa shape index (κ2) is 6.58. The SMILES string of the molecule is CCC(=O)Oc1ccc2c(c1)O/C(=C\c1ccc(OC)cc1)C2=O. The number of esters is 1. The third-order valence-electron chi connectivity index (χ3n) is 3.58. The number of ether oxygens (including phenoxy) is 3. The van der Waals surface area contributed by atoms with Crippen molar-refractivity contribution in [1.82, 2.24) is 0 Å². The molecule has 0 saturated heterocycles. The van der Waals surface area contributed by atoms with Gasteiger partial charge in [0.15, 0.2) is 5.76 Å². The molecule has 0 bridgehead atoms. The Hall–Kier alpha value is -3.08. The van der Waals surface area contributed by atoms with Crippen molar-refractivity contribution in [3.8, 4) is 17.2 Å². The van der Waals surface area contributed by atoms with Gasteiger partial charge in [0, 0.05) is 12.5 Å². The molecule has 0 radical (unpaired) electrons. The quantitative estimate of drug-likeness (QED) is 0.488. The summed E-state index contributed by atoms with van der Waals surface area (Å²) in [5.74, 6) is 1.18. The van der Waals surface area contributed by atoms with Crippen molar-refractivity contribution in [1.29, 1.82) is 0 Å². The van der Waals surface area contributed by atoms with Crippen LogP contribution in [-0.2, 0) is 4.79 Å². The van der Waals surface area contributed by atoms with E-state index in [2.05, 4.69) is 0 Å². The Morgan fingerprint density at radius 1 is 1.12 bits per heavy atom. The van der Waals surface area contributed by atoms with E-state index in [0.717, 1.165) is 11.3 Å². The monoisotopic (exact) mass is 324 g/mol. The van der Waals surface area contributed by atoms with Crippen LogP contribution in [0, 0.1) is 0 Å². The molecule has 0 spiro atoms. The fourth-order valence-corrected chi connectivity index (χ4v) is 2.29. The average Bonchev–Trinajstić information content (AvgIpc) is 2.90. The number of benzene rings is 2. The molecule has 1 aliphatic heterocycles. The third kappa shape index (κ3) is 3.15. The van der Waals surface area contributed by atoms with E-state index >= 15 is 0 Å². The summed E-state index contributed by atoms with van der Waals surface area (Å²) in [6.07, 6.45) is 1.94. The van der Waals surface area contributed by atoms with Crippen LogP contribution in [-0.4, -0.2) is 18.9 Å². The van der Waals surface area contributed by atoms with Crippen LogP contribution in [0.3, 0.4) is 0 Å². The molecule has 2 aromatic rings. The lowest BCUT2D eigenvalue weighted by atomic mass is 10.1. The highest BCUT2D eigenvalue weighted by molar-refractivity contribution is 6.14. The van der Waals surface area contributed by atoms with Crippen LogP contribution in [0.4, 0.5) is 0 Å². The molecule has 1 heterocycles. The van der Waals surface area contributed by atoms with Crippen LogP contribution in [0.15, 0.2) is 48.2 Å². The van der Waals surface area contributed by atoms with Crippen LogP contribution in [0.2, 0.25) is 0 Å². The first-order valence-corrected chi connectivity index (χ1v) is 7.53. The second-order valence-electron chi connectivity index (χ2n) is 5.20. The smallest absolute Gasteiger partial charge is 0.310 e. The Morgan fingerprint density at radius 3 is 2.50 bits per heavy atom. The number of Topliss-reactive ketones (excluding diaryl/α,β-unsaturated/α-hetero) is 1. The fraction of sp³-hybridized carbons (Fsp3) is 0.158. The molecule has 0 unspecified atom stereocenters. The van der Waals surface area contributed by atoms with Gasteiger partial charge in [-0.25, -0.2) is 0 Å². The van der Waals surface area contributed by atoms with E-state index in [1.54, 1.807) is 50.4 Å². The van der Waals surface area contributed by atoms with Crippen molar-refractivity contribution in [2.75, 3.05) is 7.11 Å². The van der Waals surface area contributed by atoms with E-state index in [9.17, 15) is 9.59 Å².